The molecule has 2 atom stereocenters. The van der Waals surface area contributed by atoms with E-state index in [1.807, 2.05) is 6.92 Å². The number of anilines is 1. The van der Waals surface area contributed by atoms with Crippen LogP contribution >= 0.6 is 0 Å². The molecule has 0 aliphatic rings. The van der Waals surface area contributed by atoms with E-state index < -0.39 is 64.4 Å². The Morgan fingerprint density at radius 3 is 2.34 bits per heavy atom. The van der Waals surface area contributed by atoms with Crippen molar-refractivity contribution >= 4 is 28.5 Å². The van der Waals surface area contributed by atoms with Crippen LogP contribution in [0.15, 0.2) is 53.5 Å². The van der Waals surface area contributed by atoms with E-state index >= 15 is 0 Å². The van der Waals surface area contributed by atoms with Gasteiger partial charge in [0.15, 0.2) is 0 Å². The highest BCUT2D eigenvalue weighted by Gasteiger charge is 2.37. The topological polar surface area (TPSA) is 113 Å². The van der Waals surface area contributed by atoms with E-state index in [1.165, 1.54) is 44.4 Å². The highest BCUT2D eigenvalue weighted by atomic mass is 19.4. The molecule has 2 aromatic heterocycles. The van der Waals surface area contributed by atoms with Gasteiger partial charge in [-0.15, -0.1) is 0 Å². The van der Waals surface area contributed by atoms with Crippen LogP contribution in [0.5, 0.6) is 0 Å². The van der Waals surface area contributed by atoms with E-state index in [4.69, 9.17) is 0 Å². The predicted molar refractivity (Wildman–Crippen MR) is 154 cm³/mol. The fourth-order valence-electron chi connectivity index (χ4n) is 4.83. The molecule has 13 heteroatoms. The normalized spacial score (nSPS) is 13.0. The molecule has 4 rings (SSSR count). The van der Waals surface area contributed by atoms with E-state index in [0.717, 1.165) is 22.8 Å². The van der Waals surface area contributed by atoms with Crippen LogP contribution in [0.3, 0.4) is 0 Å². The van der Waals surface area contributed by atoms with Crippen LogP contribution in [-0.2, 0) is 24.4 Å². The van der Waals surface area contributed by atoms with E-state index in [9.17, 15) is 41.4 Å². The number of amides is 1. The number of aryl methyl sites for hydroxylation is 1. The summed E-state index contributed by atoms with van der Waals surface area (Å²) in [5.41, 5.74) is -3.33. The third-order valence-electron chi connectivity index (χ3n) is 7.43. The smallest absolute Gasteiger partial charge is 0.417 e. The van der Waals surface area contributed by atoms with Crippen molar-refractivity contribution in [2.45, 2.75) is 51.9 Å². The zero-order valence-electron chi connectivity index (χ0n) is 24.1. The summed E-state index contributed by atoms with van der Waals surface area (Å²) in [6.45, 7) is 5.04. The molecule has 0 aliphatic heterocycles. The average molecular weight is 617 g/mol. The number of hydrogen-bond donors (Lipinski definition) is 3. The van der Waals surface area contributed by atoms with Crippen LogP contribution in [-0.4, -0.2) is 38.6 Å². The van der Waals surface area contributed by atoms with E-state index in [1.54, 1.807) is 6.92 Å². The molecule has 8 nitrogen and oxygen atoms in total. The Balaban J connectivity index is 1.73. The molecule has 4 aromatic rings. The van der Waals surface area contributed by atoms with Crippen molar-refractivity contribution in [2.24, 2.45) is 7.05 Å². The number of carbonyl (C=O) groups is 2. The summed E-state index contributed by atoms with van der Waals surface area (Å²) in [4.78, 5) is 42.3. The number of nitrogens with zero attached hydrogens (tertiary/aromatic N) is 2. The highest BCUT2D eigenvalue weighted by molar-refractivity contribution is 5.99. The number of aliphatic carboxylic acids is 1. The molecule has 0 saturated heterocycles. The molecule has 0 fully saturated rings. The fourth-order valence-corrected chi connectivity index (χ4v) is 4.83. The van der Waals surface area contributed by atoms with E-state index in [-0.39, 0.29) is 39.5 Å². The molecule has 1 amide bonds. The lowest BCUT2D eigenvalue weighted by Crippen LogP contribution is -2.43. The predicted octanol–water partition coefficient (Wildman–Crippen LogP) is 5.84. The molecule has 232 valence electrons. The second kappa shape index (κ2) is 12.4. The maximum Gasteiger partial charge on any atom is 0.417 e. The van der Waals surface area contributed by atoms with Crippen LogP contribution in [0.25, 0.3) is 22.0 Å². The quantitative estimate of drug-likeness (QED) is 0.204. The number of rotatable bonds is 9. The first-order chi connectivity index (χ1) is 20.6. The maximum atomic E-state index is 14.8. The lowest BCUT2D eigenvalue weighted by molar-refractivity contribution is -0.139. The fraction of sp³-hybridized carbons (Fsp3) is 0.290. The molecule has 0 saturated carbocycles. The Kier molecular flexibility index (Phi) is 9.07. The summed E-state index contributed by atoms with van der Waals surface area (Å²) in [5, 5.41) is 15.1. The monoisotopic (exact) mass is 616 g/mol. The number of carboxylic acids is 1. The standard InChI is InChI=1S/C31H29F5N4O4/c1-5-15(2)38-18-13-22(32)26(23(33)14-18)28(41)39-24(30(43)44)12-17-8-9-20(27-19(17)7-6-10-37-27)25-21(31(34,35)36)11-16(3)40(4)29(25)42/h6-11,13-15,24,38H,5,12H2,1-4H3,(H,39,41)(H,43,44). The zero-order chi connectivity index (χ0) is 32.5. The van der Waals surface area contributed by atoms with Gasteiger partial charge in [-0.2, -0.15) is 13.2 Å². The van der Waals surface area contributed by atoms with Gasteiger partial charge in [-0.3, -0.25) is 14.6 Å². The minimum Gasteiger partial charge on any atom is -0.480 e. The van der Waals surface area contributed by atoms with Gasteiger partial charge in [0.1, 0.15) is 23.2 Å². The largest absolute Gasteiger partial charge is 0.480 e. The SMILES string of the molecule is CCC(C)Nc1cc(F)c(C(=O)NC(Cc2ccc(-c3c(C(F)(F)F)cc(C)n(C)c3=O)c3ncccc23)C(=O)O)c(F)c1. The maximum absolute atomic E-state index is 14.8. The summed E-state index contributed by atoms with van der Waals surface area (Å²) in [7, 11) is 1.34. The van der Waals surface area contributed by atoms with Crippen LogP contribution in [0.2, 0.25) is 0 Å². The number of aromatic nitrogens is 2. The molecule has 0 aliphatic carbocycles. The molecule has 0 bridgehead atoms. The third-order valence-corrected chi connectivity index (χ3v) is 7.43. The van der Waals surface area contributed by atoms with Gasteiger partial charge >= 0.3 is 12.1 Å². The molecule has 2 aromatic carbocycles. The van der Waals surface area contributed by atoms with Crippen molar-refractivity contribution in [3.8, 4) is 11.1 Å². The van der Waals surface area contributed by atoms with Gasteiger partial charge in [0.05, 0.1) is 16.6 Å². The molecule has 2 heterocycles. The Labute approximate surface area is 248 Å². The van der Waals surface area contributed by atoms with Gasteiger partial charge in [-0.1, -0.05) is 25.1 Å². The van der Waals surface area contributed by atoms with Crippen molar-refractivity contribution in [3.05, 3.63) is 93.0 Å². The molecule has 2 unspecified atom stereocenters. The highest BCUT2D eigenvalue weighted by Crippen LogP contribution is 2.38. The minimum atomic E-state index is -4.86. The first-order valence-electron chi connectivity index (χ1n) is 13.6. The Morgan fingerprint density at radius 1 is 1.09 bits per heavy atom. The van der Waals surface area contributed by atoms with Crippen molar-refractivity contribution in [2.75, 3.05) is 5.32 Å². The number of alkyl halides is 3. The summed E-state index contributed by atoms with van der Waals surface area (Å²) < 4.78 is 72.8. The van der Waals surface area contributed by atoms with Gasteiger partial charge in [0, 0.05) is 48.0 Å². The molecule has 0 radical (unpaired) electrons. The second-order valence-corrected chi connectivity index (χ2v) is 10.4. The number of benzene rings is 2. The Bertz CT molecular complexity index is 1800. The minimum absolute atomic E-state index is 0.00611. The van der Waals surface area contributed by atoms with Crippen molar-refractivity contribution in [1.82, 2.24) is 14.9 Å². The summed E-state index contributed by atoms with van der Waals surface area (Å²) in [6.07, 6.45) is -3.30. The first kappa shape index (κ1) is 32.1. The number of pyridine rings is 2. The van der Waals surface area contributed by atoms with Crippen LogP contribution < -0.4 is 16.2 Å². The van der Waals surface area contributed by atoms with Crippen LogP contribution in [0.4, 0.5) is 27.6 Å². The van der Waals surface area contributed by atoms with Gasteiger partial charge in [0.2, 0.25) is 0 Å². The molecule has 3 N–H and O–H groups in total. The first-order valence-corrected chi connectivity index (χ1v) is 13.6. The zero-order valence-corrected chi connectivity index (χ0v) is 24.1. The second-order valence-electron chi connectivity index (χ2n) is 10.4. The number of halogens is 5. The van der Waals surface area contributed by atoms with Crippen molar-refractivity contribution < 1.29 is 36.6 Å². The summed E-state index contributed by atoms with van der Waals surface area (Å²) in [6, 6.07) is 6.46. The number of hydrogen-bond acceptors (Lipinski definition) is 5. The molecule has 44 heavy (non-hydrogen) atoms. The van der Waals surface area contributed by atoms with Crippen molar-refractivity contribution in [3.63, 3.8) is 0 Å². The summed E-state index contributed by atoms with van der Waals surface area (Å²) in [5.74, 6) is -5.23. The number of carbonyl (C=O) groups excluding carboxylic acids is 1. The molecular formula is C31H29F5N4O4. The van der Waals surface area contributed by atoms with E-state index in [0.29, 0.717) is 6.42 Å². The van der Waals surface area contributed by atoms with Crippen molar-refractivity contribution in [1.29, 1.82) is 0 Å². The average Bonchev–Trinajstić information content (AvgIpc) is 2.94. The third kappa shape index (κ3) is 6.41. The lowest BCUT2D eigenvalue weighted by atomic mass is 9.93. The van der Waals surface area contributed by atoms with Crippen LogP contribution in [0, 0.1) is 18.6 Å². The van der Waals surface area contributed by atoms with Gasteiger partial charge < -0.3 is 20.3 Å². The van der Waals surface area contributed by atoms with Crippen LogP contribution in [0.1, 0.15) is 47.4 Å². The molecule has 0 spiro atoms. The molecular weight excluding hydrogens is 587 g/mol. The number of carboxylic acid groups (broad SMARTS) is 1. The Morgan fingerprint density at radius 2 is 1.75 bits per heavy atom. The van der Waals surface area contributed by atoms with Gasteiger partial charge in [-0.05, 0) is 50.1 Å². The lowest BCUT2D eigenvalue weighted by Gasteiger charge is -2.19. The van der Waals surface area contributed by atoms with Gasteiger partial charge in [0.25, 0.3) is 11.5 Å². The number of fused-ring (bicyclic) bond motifs is 1. The number of nitrogens with one attached hydrogen (secondary N) is 2. The van der Waals surface area contributed by atoms with E-state index in [2.05, 4.69) is 15.6 Å². The van der Waals surface area contributed by atoms with Gasteiger partial charge in [-0.25, -0.2) is 13.6 Å². The summed E-state index contributed by atoms with van der Waals surface area (Å²) >= 11 is 0. The Hall–Kier alpha value is -4.81.